The monoisotopic (exact) mass is 403 g/mol. The number of ether oxygens (including phenoxy) is 1. The fourth-order valence-corrected chi connectivity index (χ4v) is 3.93. The van der Waals surface area contributed by atoms with E-state index in [-0.39, 0.29) is 0 Å². The second-order valence-electron chi connectivity index (χ2n) is 5.85. The summed E-state index contributed by atoms with van der Waals surface area (Å²) in [6.07, 6.45) is 6.88. The lowest BCUT2D eigenvalue weighted by atomic mass is 9.92. The van der Waals surface area contributed by atoms with Gasteiger partial charge in [-0.05, 0) is 48.1 Å². The van der Waals surface area contributed by atoms with Crippen molar-refractivity contribution in [2.24, 2.45) is 4.99 Å². The first-order chi connectivity index (χ1) is 13.1. The zero-order valence-electron chi connectivity index (χ0n) is 15.8. The number of allylic oxidation sites excluding steroid dienone is 1. The van der Waals surface area contributed by atoms with Crippen LogP contribution in [0.2, 0.25) is 0 Å². The molecule has 0 aliphatic heterocycles. The van der Waals surface area contributed by atoms with Gasteiger partial charge in [-0.1, -0.05) is 49.0 Å². The molecule has 1 unspecified atom stereocenters. The van der Waals surface area contributed by atoms with Crippen LogP contribution < -0.4 is 5.32 Å². The summed E-state index contributed by atoms with van der Waals surface area (Å²) in [5.74, 6) is 1.01. The van der Waals surface area contributed by atoms with Crippen LogP contribution >= 0.6 is 23.5 Å². The highest BCUT2D eigenvalue weighted by atomic mass is 32.2. The van der Waals surface area contributed by atoms with Gasteiger partial charge in [0.1, 0.15) is 6.04 Å². The van der Waals surface area contributed by atoms with Gasteiger partial charge in [-0.15, -0.1) is 11.8 Å². The number of nitrogens with one attached hydrogen (secondary N) is 2. The molecule has 1 atom stereocenters. The number of aliphatic imine (C=N–C) groups is 1. The standard InChI is InChI=1S/C20H25N3O2S2/c1-4-12-27-17-11-10-16(21)18(22-19(26-3)23-20(24)25-2)15(17)13-14-8-6-5-7-9-14/h5-11,18,21H,4,12-13H2,1-3H3,(H,22,23,24). The van der Waals surface area contributed by atoms with E-state index >= 15 is 0 Å². The van der Waals surface area contributed by atoms with E-state index in [1.54, 1.807) is 17.8 Å². The van der Waals surface area contributed by atoms with Crippen LogP contribution in [0, 0.1) is 5.41 Å². The summed E-state index contributed by atoms with van der Waals surface area (Å²) >= 11 is 3.12. The number of amidine groups is 1. The number of nitrogens with zero attached hydrogens (tertiary/aromatic N) is 1. The van der Waals surface area contributed by atoms with Gasteiger partial charge in [0.2, 0.25) is 0 Å². The smallest absolute Gasteiger partial charge is 0.412 e. The average molecular weight is 404 g/mol. The molecular weight excluding hydrogens is 378 g/mol. The van der Waals surface area contributed by atoms with Crippen molar-refractivity contribution in [1.82, 2.24) is 5.32 Å². The number of alkyl carbamates (subject to hydrolysis) is 1. The Bertz CT molecular complexity index is 758. The first-order valence-electron chi connectivity index (χ1n) is 8.72. The highest BCUT2D eigenvalue weighted by Crippen LogP contribution is 2.32. The fourth-order valence-electron chi connectivity index (χ4n) is 2.58. The summed E-state index contributed by atoms with van der Waals surface area (Å²) in [5.41, 5.74) is 2.68. The van der Waals surface area contributed by atoms with Crippen LogP contribution in [0.4, 0.5) is 4.79 Å². The second-order valence-corrected chi connectivity index (χ2v) is 7.78. The molecule has 0 heterocycles. The Morgan fingerprint density at radius 3 is 2.67 bits per heavy atom. The zero-order chi connectivity index (χ0) is 19.6. The minimum Gasteiger partial charge on any atom is -0.453 e. The number of benzene rings is 1. The molecule has 1 aromatic carbocycles. The number of rotatable bonds is 6. The van der Waals surface area contributed by atoms with Crippen LogP contribution in [0.1, 0.15) is 18.9 Å². The molecule has 0 saturated carbocycles. The molecule has 0 fully saturated rings. The third kappa shape index (κ3) is 6.29. The molecule has 1 aliphatic carbocycles. The van der Waals surface area contributed by atoms with Crippen LogP contribution in [0.25, 0.3) is 0 Å². The summed E-state index contributed by atoms with van der Waals surface area (Å²) in [6.45, 7) is 2.15. The SMILES string of the molecule is CCCSC1=C(Cc2ccccc2)C(N=C(NC(=O)OC)SC)C(=N)C=C1. The molecule has 5 nitrogen and oxygen atoms in total. The van der Waals surface area contributed by atoms with E-state index in [1.807, 2.05) is 30.5 Å². The number of hydrogen-bond acceptors (Lipinski definition) is 6. The van der Waals surface area contributed by atoms with Gasteiger partial charge < -0.3 is 10.1 Å². The third-order valence-electron chi connectivity index (χ3n) is 3.89. The number of thioether (sulfide) groups is 2. The maximum absolute atomic E-state index is 11.6. The Morgan fingerprint density at radius 2 is 2.04 bits per heavy atom. The van der Waals surface area contributed by atoms with Crippen molar-refractivity contribution in [1.29, 1.82) is 5.41 Å². The Morgan fingerprint density at radius 1 is 1.30 bits per heavy atom. The summed E-state index contributed by atoms with van der Waals surface area (Å²) in [5, 5.41) is 11.5. The lowest BCUT2D eigenvalue weighted by molar-refractivity contribution is 0.177. The summed E-state index contributed by atoms with van der Waals surface area (Å²) < 4.78 is 4.67. The van der Waals surface area contributed by atoms with Gasteiger partial charge in [-0.3, -0.25) is 5.32 Å². The number of hydrogen-bond donors (Lipinski definition) is 2. The normalized spacial score (nSPS) is 17.2. The van der Waals surface area contributed by atoms with Crippen LogP contribution in [0.15, 0.2) is 58.0 Å². The molecule has 144 valence electrons. The molecule has 0 saturated heterocycles. The minimum absolute atomic E-state index is 0.417. The Hall–Kier alpha value is -1.99. The molecule has 0 spiro atoms. The Labute approximate surface area is 169 Å². The summed E-state index contributed by atoms with van der Waals surface area (Å²) in [6, 6.07) is 9.77. The van der Waals surface area contributed by atoms with Gasteiger partial charge in [-0.25, -0.2) is 9.79 Å². The van der Waals surface area contributed by atoms with Crippen molar-refractivity contribution < 1.29 is 9.53 Å². The predicted molar refractivity (Wildman–Crippen MR) is 117 cm³/mol. The largest absolute Gasteiger partial charge is 0.453 e. The van der Waals surface area contributed by atoms with Crippen molar-refractivity contribution >= 4 is 40.5 Å². The Kier molecular flexibility index (Phi) is 8.67. The van der Waals surface area contributed by atoms with E-state index in [1.165, 1.54) is 24.4 Å². The topological polar surface area (TPSA) is 74.5 Å². The molecule has 0 bridgehead atoms. The maximum atomic E-state index is 11.6. The van der Waals surface area contributed by atoms with Crippen LogP contribution in [-0.4, -0.2) is 42.1 Å². The van der Waals surface area contributed by atoms with E-state index < -0.39 is 12.1 Å². The molecule has 27 heavy (non-hydrogen) atoms. The summed E-state index contributed by atoms with van der Waals surface area (Å²) in [7, 11) is 1.32. The summed E-state index contributed by atoms with van der Waals surface area (Å²) in [4.78, 5) is 17.4. The predicted octanol–water partition coefficient (Wildman–Crippen LogP) is 4.66. The molecule has 2 N–H and O–H groups in total. The third-order valence-corrected chi connectivity index (χ3v) is 5.80. The molecule has 0 aromatic heterocycles. The van der Waals surface area contributed by atoms with E-state index in [0.29, 0.717) is 17.3 Å². The molecule has 7 heteroatoms. The van der Waals surface area contributed by atoms with Gasteiger partial charge in [-0.2, -0.15) is 0 Å². The fraction of sp³-hybridized carbons (Fsp3) is 0.350. The van der Waals surface area contributed by atoms with Gasteiger partial charge in [0.15, 0.2) is 5.17 Å². The maximum Gasteiger partial charge on any atom is 0.412 e. The average Bonchev–Trinajstić information content (AvgIpc) is 2.69. The van der Waals surface area contributed by atoms with Gasteiger partial charge in [0, 0.05) is 4.91 Å². The van der Waals surface area contributed by atoms with Gasteiger partial charge in [0.25, 0.3) is 0 Å². The zero-order valence-corrected chi connectivity index (χ0v) is 17.5. The first kappa shape index (κ1) is 21.3. The lowest BCUT2D eigenvalue weighted by Gasteiger charge is -2.24. The number of carbonyl (C=O) groups is 1. The molecule has 1 aliphatic rings. The highest BCUT2D eigenvalue weighted by molar-refractivity contribution is 8.13. The van der Waals surface area contributed by atoms with Crippen LogP contribution in [-0.2, 0) is 11.2 Å². The van der Waals surface area contributed by atoms with E-state index in [2.05, 4.69) is 34.1 Å². The molecular formula is C20H25N3O2S2. The van der Waals surface area contributed by atoms with Crippen molar-refractivity contribution in [2.45, 2.75) is 25.8 Å². The van der Waals surface area contributed by atoms with Gasteiger partial charge in [0.05, 0.1) is 12.8 Å². The van der Waals surface area contributed by atoms with E-state index in [0.717, 1.165) is 22.7 Å². The molecule has 1 aromatic rings. The first-order valence-corrected chi connectivity index (χ1v) is 10.9. The van der Waals surface area contributed by atoms with Gasteiger partial charge >= 0.3 is 6.09 Å². The minimum atomic E-state index is -0.560. The number of methoxy groups -OCH3 is 1. The second kappa shape index (κ2) is 11.0. The van der Waals surface area contributed by atoms with Crippen molar-refractivity contribution in [2.75, 3.05) is 19.1 Å². The van der Waals surface area contributed by atoms with Crippen LogP contribution in [0.5, 0.6) is 0 Å². The van der Waals surface area contributed by atoms with Crippen molar-refractivity contribution in [3.05, 3.63) is 58.5 Å². The van der Waals surface area contributed by atoms with Crippen molar-refractivity contribution in [3.8, 4) is 0 Å². The van der Waals surface area contributed by atoms with E-state index in [4.69, 9.17) is 5.41 Å². The molecule has 0 radical (unpaired) electrons. The molecule has 1 amide bonds. The lowest BCUT2D eigenvalue weighted by Crippen LogP contribution is -2.32. The number of amides is 1. The highest BCUT2D eigenvalue weighted by Gasteiger charge is 2.25. The Balaban J connectivity index is 2.40. The number of carbonyl (C=O) groups excluding carboxylic acids is 1. The van der Waals surface area contributed by atoms with E-state index in [9.17, 15) is 4.79 Å². The van der Waals surface area contributed by atoms with Crippen molar-refractivity contribution in [3.63, 3.8) is 0 Å². The molecule has 2 rings (SSSR count). The van der Waals surface area contributed by atoms with Crippen LogP contribution in [0.3, 0.4) is 0 Å². The quantitative estimate of drug-likeness (QED) is 0.535.